The number of hydrogen-bond donors (Lipinski definition) is 1. The number of likely N-dealkylation sites (N-methyl/N-ethyl adjacent to an activating group) is 1. The predicted molar refractivity (Wildman–Crippen MR) is 51.7 cm³/mol. The molecule has 1 N–H and O–H groups in total. The molecule has 0 aromatic heterocycles. The Kier molecular flexibility index (Phi) is 2.07. The first kappa shape index (κ1) is 8.09. The molecule has 0 radical (unpaired) electrons. The van der Waals surface area contributed by atoms with E-state index >= 15 is 0 Å². The van der Waals surface area contributed by atoms with Gasteiger partial charge in [-0.05, 0) is 37.1 Å². The van der Waals surface area contributed by atoms with E-state index in [4.69, 9.17) is 11.6 Å². The van der Waals surface area contributed by atoms with Gasteiger partial charge in [0.15, 0.2) is 0 Å². The van der Waals surface area contributed by atoms with Crippen molar-refractivity contribution in [1.82, 2.24) is 5.32 Å². The zero-order valence-corrected chi connectivity index (χ0v) is 7.86. The number of hydrogen-bond acceptors (Lipinski definition) is 1. The second-order valence-electron chi connectivity index (χ2n) is 3.27. The van der Waals surface area contributed by atoms with Crippen molar-refractivity contribution >= 4 is 11.6 Å². The monoisotopic (exact) mass is 181 g/mol. The highest BCUT2D eigenvalue weighted by Gasteiger charge is 2.21. The molecule has 0 amide bonds. The molecule has 0 saturated carbocycles. The Morgan fingerprint density at radius 2 is 2.25 bits per heavy atom. The zero-order chi connectivity index (χ0) is 8.55. The molecular formula is C10H12ClN. The largest absolute Gasteiger partial charge is 0.316 e. The summed E-state index contributed by atoms with van der Waals surface area (Å²) in [4.78, 5) is 0. The van der Waals surface area contributed by atoms with E-state index in [0.717, 1.165) is 17.9 Å². The van der Waals surface area contributed by atoms with Gasteiger partial charge in [-0.25, -0.2) is 0 Å². The third-order valence-corrected chi connectivity index (χ3v) is 2.90. The lowest BCUT2D eigenvalue weighted by Gasteiger charge is -2.04. The number of nitrogens with one attached hydrogen (secondary N) is 1. The predicted octanol–water partition coefficient (Wildman–Crippen LogP) is 2.03. The minimum absolute atomic E-state index is 0.583. The second kappa shape index (κ2) is 3.08. The van der Waals surface area contributed by atoms with Gasteiger partial charge in [-0.15, -0.1) is 0 Å². The fourth-order valence-corrected chi connectivity index (χ4v) is 2.08. The first-order valence-corrected chi connectivity index (χ1v) is 4.62. The van der Waals surface area contributed by atoms with Crippen LogP contribution in [0.15, 0.2) is 18.2 Å². The van der Waals surface area contributed by atoms with Crippen LogP contribution in [0.3, 0.4) is 0 Å². The Balaban J connectivity index is 2.35. The molecule has 1 aromatic carbocycles. The minimum atomic E-state index is 0.583. The van der Waals surface area contributed by atoms with Crippen LogP contribution in [0.5, 0.6) is 0 Å². The number of benzene rings is 1. The average molecular weight is 182 g/mol. The molecule has 0 bridgehead atoms. The molecule has 0 fully saturated rings. The molecule has 2 heteroatoms. The van der Waals surface area contributed by atoms with Gasteiger partial charge in [0, 0.05) is 11.1 Å². The van der Waals surface area contributed by atoms with E-state index in [-0.39, 0.29) is 0 Å². The molecule has 64 valence electrons. The highest BCUT2D eigenvalue weighted by Crippen LogP contribution is 2.28. The van der Waals surface area contributed by atoms with E-state index in [0.29, 0.717) is 6.04 Å². The third-order valence-electron chi connectivity index (χ3n) is 2.54. The van der Waals surface area contributed by atoms with Crippen molar-refractivity contribution in [2.45, 2.75) is 18.9 Å². The summed E-state index contributed by atoms with van der Waals surface area (Å²) in [5, 5.41) is 4.20. The van der Waals surface area contributed by atoms with E-state index in [1.807, 2.05) is 19.2 Å². The van der Waals surface area contributed by atoms with E-state index in [1.165, 1.54) is 11.1 Å². The number of halogens is 1. The van der Waals surface area contributed by atoms with Crippen LogP contribution in [0.25, 0.3) is 0 Å². The summed E-state index contributed by atoms with van der Waals surface area (Å²) in [5.74, 6) is 0. The van der Waals surface area contributed by atoms with Gasteiger partial charge < -0.3 is 5.32 Å². The van der Waals surface area contributed by atoms with Crippen LogP contribution in [0.4, 0.5) is 0 Å². The third kappa shape index (κ3) is 1.23. The first-order valence-electron chi connectivity index (χ1n) is 4.25. The highest BCUT2D eigenvalue weighted by atomic mass is 35.5. The van der Waals surface area contributed by atoms with Crippen LogP contribution >= 0.6 is 11.6 Å². The fraction of sp³-hybridized carbons (Fsp3) is 0.400. The van der Waals surface area contributed by atoms with Crippen molar-refractivity contribution in [2.24, 2.45) is 0 Å². The number of fused-ring (bicyclic) bond motifs is 1. The van der Waals surface area contributed by atoms with Gasteiger partial charge in [0.1, 0.15) is 0 Å². The summed E-state index contributed by atoms with van der Waals surface area (Å²) in [5.41, 5.74) is 2.74. The quantitative estimate of drug-likeness (QED) is 0.699. The van der Waals surface area contributed by atoms with Crippen LogP contribution in [-0.2, 0) is 12.8 Å². The molecule has 0 saturated heterocycles. The molecule has 1 nitrogen and oxygen atoms in total. The van der Waals surface area contributed by atoms with Gasteiger partial charge in [0.05, 0.1) is 0 Å². The molecule has 12 heavy (non-hydrogen) atoms. The lowest BCUT2D eigenvalue weighted by molar-refractivity contribution is 0.593. The van der Waals surface area contributed by atoms with E-state index in [9.17, 15) is 0 Å². The summed E-state index contributed by atoms with van der Waals surface area (Å²) in [7, 11) is 2.00. The molecule has 0 spiro atoms. The van der Waals surface area contributed by atoms with Crippen molar-refractivity contribution < 1.29 is 0 Å². The molecule has 1 aromatic rings. The lowest BCUT2D eigenvalue weighted by atomic mass is 10.1. The maximum absolute atomic E-state index is 6.06. The molecule has 1 aliphatic carbocycles. The van der Waals surface area contributed by atoms with Crippen molar-refractivity contribution in [3.63, 3.8) is 0 Å². The minimum Gasteiger partial charge on any atom is -0.316 e. The van der Waals surface area contributed by atoms with Crippen LogP contribution in [-0.4, -0.2) is 13.1 Å². The van der Waals surface area contributed by atoms with Gasteiger partial charge in [0.25, 0.3) is 0 Å². The molecule has 1 atom stereocenters. The maximum atomic E-state index is 6.06. The summed E-state index contributed by atoms with van der Waals surface area (Å²) < 4.78 is 0. The van der Waals surface area contributed by atoms with Gasteiger partial charge in [-0.2, -0.15) is 0 Å². The standard InChI is InChI=1S/C10H12ClN/c1-12-8-5-7-3-2-4-10(11)9(7)6-8/h2-4,8,12H,5-6H2,1H3. The van der Waals surface area contributed by atoms with Crippen molar-refractivity contribution in [3.05, 3.63) is 34.3 Å². The summed E-state index contributed by atoms with van der Waals surface area (Å²) in [6, 6.07) is 6.75. The second-order valence-corrected chi connectivity index (χ2v) is 3.68. The van der Waals surface area contributed by atoms with Crippen LogP contribution in [0.2, 0.25) is 5.02 Å². The fourth-order valence-electron chi connectivity index (χ4n) is 1.81. The van der Waals surface area contributed by atoms with Crippen LogP contribution in [0, 0.1) is 0 Å². The van der Waals surface area contributed by atoms with Gasteiger partial charge >= 0.3 is 0 Å². The van der Waals surface area contributed by atoms with Gasteiger partial charge in [-0.1, -0.05) is 23.7 Å². The Bertz CT molecular complexity index is 296. The summed E-state index contributed by atoms with van der Waals surface area (Å²) >= 11 is 6.06. The molecule has 0 heterocycles. The smallest absolute Gasteiger partial charge is 0.0441 e. The van der Waals surface area contributed by atoms with E-state index in [1.54, 1.807) is 0 Å². The molecular weight excluding hydrogens is 170 g/mol. The maximum Gasteiger partial charge on any atom is 0.0441 e. The average Bonchev–Trinajstić information content (AvgIpc) is 2.49. The van der Waals surface area contributed by atoms with Crippen molar-refractivity contribution in [2.75, 3.05) is 7.05 Å². The first-order chi connectivity index (χ1) is 5.81. The van der Waals surface area contributed by atoms with Crippen LogP contribution < -0.4 is 5.32 Å². The lowest BCUT2D eigenvalue weighted by Crippen LogP contribution is -2.24. The highest BCUT2D eigenvalue weighted by molar-refractivity contribution is 6.31. The summed E-state index contributed by atoms with van der Waals surface area (Å²) in [6.07, 6.45) is 2.19. The molecule has 0 aliphatic heterocycles. The SMILES string of the molecule is CNC1Cc2cccc(Cl)c2C1. The summed E-state index contributed by atoms with van der Waals surface area (Å²) in [6.45, 7) is 0. The Morgan fingerprint density at radius 1 is 1.42 bits per heavy atom. The van der Waals surface area contributed by atoms with Crippen molar-refractivity contribution in [1.29, 1.82) is 0 Å². The Labute approximate surface area is 77.7 Å². The normalized spacial score (nSPS) is 21.0. The number of rotatable bonds is 1. The molecule has 1 unspecified atom stereocenters. The van der Waals surface area contributed by atoms with Crippen molar-refractivity contribution in [3.8, 4) is 0 Å². The topological polar surface area (TPSA) is 12.0 Å². The van der Waals surface area contributed by atoms with Gasteiger partial charge in [-0.3, -0.25) is 0 Å². The van der Waals surface area contributed by atoms with Gasteiger partial charge in [0.2, 0.25) is 0 Å². The Morgan fingerprint density at radius 3 is 2.92 bits per heavy atom. The molecule has 2 rings (SSSR count). The zero-order valence-electron chi connectivity index (χ0n) is 7.10. The van der Waals surface area contributed by atoms with E-state index in [2.05, 4.69) is 11.4 Å². The Hall–Kier alpha value is -0.530. The molecule has 1 aliphatic rings. The van der Waals surface area contributed by atoms with E-state index < -0.39 is 0 Å². The van der Waals surface area contributed by atoms with Crippen LogP contribution in [0.1, 0.15) is 11.1 Å².